The lowest BCUT2D eigenvalue weighted by molar-refractivity contribution is -0.438. The third-order valence-electron chi connectivity index (χ3n) is 19.9. The lowest BCUT2D eigenvalue weighted by Crippen LogP contribution is -2.60. The van der Waals surface area contributed by atoms with Crippen LogP contribution in [0, 0.1) is 5.41 Å². The number of hydrogen-bond acceptors (Lipinski definition) is 23. The maximum atomic E-state index is 14.2. The second-order valence-corrected chi connectivity index (χ2v) is 36.1. The minimum atomic E-state index is -4.55. The van der Waals surface area contributed by atoms with Crippen molar-refractivity contribution in [3.05, 3.63) is 119 Å². The van der Waals surface area contributed by atoms with Gasteiger partial charge in [-0.1, -0.05) is 84.0 Å². The van der Waals surface area contributed by atoms with Crippen molar-refractivity contribution in [2.24, 2.45) is 5.73 Å². The quantitative estimate of drug-likeness (QED) is 0.00683. The summed E-state index contributed by atoms with van der Waals surface area (Å²) in [4.78, 5) is 188. The molecule has 0 aliphatic carbocycles. The highest BCUT2D eigenvalue weighted by Crippen LogP contribution is 2.48. The van der Waals surface area contributed by atoms with Gasteiger partial charge in [-0.25, -0.2) is 0 Å². The van der Waals surface area contributed by atoms with E-state index in [0.717, 1.165) is 61.7 Å². The fourth-order valence-electron chi connectivity index (χ4n) is 13.7. The van der Waals surface area contributed by atoms with E-state index < -0.39 is 194 Å². The van der Waals surface area contributed by atoms with E-state index in [0.29, 0.717) is 49.9 Å². The summed E-state index contributed by atoms with van der Waals surface area (Å²) < 4.78 is 70.6. The molecule has 3 aromatic rings. The molecular weight excluding hydrogens is 1680 g/mol. The molecule has 4 aliphatic heterocycles. The molecule has 0 bridgehead atoms. The average molecular weight is 1780 g/mol. The van der Waals surface area contributed by atoms with Gasteiger partial charge in [0, 0.05) is 90.7 Å². The third kappa shape index (κ3) is 29.2. The van der Waals surface area contributed by atoms with Crippen molar-refractivity contribution in [3.8, 4) is 0 Å². The zero-order valence-corrected chi connectivity index (χ0v) is 71.1. The Hall–Kier alpha value is -10.9. The minimum absolute atomic E-state index is 0.00794. The smallest absolute Gasteiger partial charge is 0.322 e. The van der Waals surface area contributed by atoms with Crippen molar-refractivity contribution in [1.82, 2.24) is 63.8 Å². The fraction of sp³-hybridized carbons (Fsp3) is 0.481. The molecule has 8 atom stereocenters. The molecule has 7 rings (SSSR count). The molecule has 2 fully saturated rings. The van der Waals surface area contributed by atoms with Crippen LogP contribution in [0.2, 0.25) is 0 Å². The predicted molar refractivity (Wildman–Crippen MR) is 448 cm³/mol. The Labute approximate surface area is 710 Å². The first-order valence-electron chi connectivity index (χ1n) is 38.6. The van der Waals surface area contributed by atoms with Gasteiger partial charge in [0.15, 0.2) is 11.7 Å². The van der Waals surface area contributed by atoms with Gasteiger partial charge in [-0.15, -0.1) is 11.8 Å². The van der Waals surface area contributed by atoms with Crippen LogP contribution in [0.1, 0.15) is 122 Å². The number of thioether (sulfide) groups is 1. The van der Waals surface area contributed by atoms with Crippen LogP contribution in [0.3, 0.4) is 0 Å². The number of benzene rings is 3. The van der Waals surface area contributed by atoms with E-state index in [1.54, 1.807) is 42.5 Å². The normalized spacial score (nSPS) is 20.4. The van der Waals surface area contributed by atoms with E-state index in [2.05, 4.69) is 73.3 Å². The summed E-state index contributed by atoms with van der Waals surface area (Å²) in [5, 5.41) is 65.8. The highest BCUT2D eigenvalue weighted by atomic mass is 33.1. The molecular formula is C77H103N16O23S5+. The van der Waals surface area contributed by atoms with Crippen LogP contribution >= 0.6 is 33.3 Å². The summed E-state index contributed by atoms with van der Waals surface area (Å²) in [5.41, 5.74) is 9.30. The summed E-state index contributed by atoms with van der Waals surface area (Å²) in [5.74, 6) is -16.3. The molecule has 11 amide bonds. The van der Waals surface area contributed by atoms with Gasteiger partial charge in [0.2, 0.25) is 70.7 Å². The Kier molecular flexibility index (Phi) is 36.2. The number of carboxylic acids is 3. The van der Waals surface area contributed by atoms with Gasteiger partial charge in [-0.3, -0.25) is 81.6 Å². The SMILES string of the molecule is CCN1C(=CC=CC=CC2=[N+](CCCCCC(=O)NCCCC[C@@H]3NC(=O)CSC[C@@H](C(=O)N[C@@H](CCCNC(=N)N)C(=O)NCC(=O)N[C@@H](CC(=O)O)C(=O)N[C@H]4CSSC[C@@H](C(=O)NCC(=O)O)NC(=O)[C@H](Cc5ccccc5)NC4=O)NC(=O)[C@H](CC(=O)O)NC3=O)c3ccc(S(=O)(=O)O)cc3C2(C)C)C(C)(C)c2cc(S(=O)(=O)O)ccc21. The van der Waals surface area contributed by atoms with E-state index >= 15 is 0 Å². The maximum absolute atomic E-state index is 14.2. The van der Waals surface area contributed by atoms with E-state index in [1.165, 1.54) is 24.3 Å². The first-order valence-corrected chi connectivity index (χ1v) is 45.2. The van der Waals surface area contributed by atoms with Gasteiger partial charge < -0.3 is 89.8 Å². The Morgan fingerprint density at radius 1 is 0.628 bits per heavy atom. The lowest BCUT2D eigenvalue weighted by atomic mass is 9.81. The molecule has 20 N–H and O–H groups in total. The monoisotopic (exact) mass is 1780 g/mol. The van der Waals surface area contributed by atoms with Crippen molar-refractivity contribution < 1.29 is 113 Å². The number of unbranched alkanes of at least 4 members (excludes halogenated alkanes) is 3. The van der Waals surface area contributed by atoms with Crippen molar-refractivity contribution in [3.63, 3.8) is 0 Å². The summed E-state index contributed by atoms with van der Waals surface area (Å²) in [6.45, 7) is 9.22. The van der Waals surface area contributed by atoms with Crippen molar-refractivity contribution in [2.75, 3.05) is 67.2 Å². The molecule has 4 aliphatic rings. The average Bonchev–Trinajstić information content (AvgIpc) is 1.59. The number of nitrogens with one attached hydrogen (secondary N) is 13. The van der Waals surface area contributed by atoms with Crippen LogP contribution in [-0.4, -0.2) is 251 Å². The summed E-state index contributed by atoms with van der Waals surface area (Å²) in [6.07, 6.45) is 9.30. The highest BCUT2D eigenvalue weighted by molar-refractivity contribution is 8.76. The number of anilines is 1. The van der Waals surface area contributed by atoms with Crippen LogP contribution < -0.4 is 74.4 Å². The molecule has 2 saturated heterocycles. The minimum Gasteiger partial charge on any atom is -0.481 e. The number of guanidine groups is 1. The van der Waals surface area contributed by atoms with Crippen LogP contribution in [0.4, 0.5) is 11.4 Å². The molecule has 4 heterocycles. The van der Waals surface area contributed by atoms with Gasteiger partial charge in [0.1, 0.15) is 61.4 Å². The van der Waals surface area contributed by atoms with Crippen LogP contribution in [0.15, 0.2) is 113 Å². The third-order valence-corrected chi connectivity index (χ3v) is 25.1. The highest BCUT2D eigenvalue weighted by Gasteiger charge is 2.46. The van der Waals surface area contributed by atoms with E-state index in [1.807, 2.05) is 65.0 Å². The fourth-order valence-corrected chi connectivity index (χ4v) is 17.9. The molecule has 658 valence electrons. The number of carboxylic acid groups (broad SMARTS) is 3. The van der Waals surface area contributed by atoms with Gasteiger partial charge in [-0.2, -0.15) is 21.4 Å². The topological polar surface area (TPSA) is 609 Å². The van der Waals surface area contributed by atoms with Crippen molar-refractivity contribution >= 4 is 160 Å². The Balaban J connectivity index is 0.917. The number of amides is 11. The predicted octanol–water partition coefficient (Wildman–Crippen LogP) is 0.00967. The number of allylic oxidation sites excluding steroid dienone is 6. The molecule has 0 aromatic heterocycles. The molecule has 0 saturated carbocycles. The summed E-state index contributed by atoms with van der Waals surface area (Å²) >= 11 is 0.815. The number of fused-ring (bicyclic) bond motifs is 2. The van der Waals surface area contributed by atoms with Crippen molar-refractivity contribution in [2.45, 2.75) is 181 Å². The number of carbonyl (C=O) groups is 14. The van der Waals surface area contributed by atoms with Gasteiger partial charge in [-0.05, 0) is 113 Å². The first-order chi connectivity index (χ1) is 57.1. The second kappa shape index (κ2) is 45.1. The molecule has 39 nitrogen and oxygen atoms in total. The lowest BCUT2D eigenvalue weighted by Gasteiger charge is -2.27. The number of aliphatic carboxylic acids is 3. The van der Waals surface area contributed by atoms with Gasteiger partial charge in [0.25, 0.3) is 20.2 Å². The number of hydrogen-bond donors (Lipinski definition) is 19. The van der Waals surface area contributed by atoms with Crippen LogP contribution in [-0.2, 0) is 105 Å². The second-order valence-electron chi connectivity index (χ2n) is 29.7. The van der Waals surface area contributed by atoms with Gasteiger partial charge >= 0.3 is 17.9 Å². The Morgan fingerprint density at radius 3 is 1.93 bits per heavy atom. The molecule has 0 radical (unpaired) electrons. The zero-order chi connectivity index (χ0) is 89.1. The van der Waals surface area contributed by atoms with E-state index in [9.17, 15) is 103 Å². The summed E-state index contributed by atoms with van der Waals surface area (Å²) in [7, 11) is -7.08. The number of nitrogens with zero attached hydrogens (tertiary/aromatic N) is 2. The van der Waals surface area contributed by atoms with Crippen molar-refractivity contribution in [1.29, 1.82) is 5.41 Å². The molecule has 121 heavy (non-hydrogen) atoms. The van der Waals surface area contributed by atoms with Gasteiger partial charge in [0.05, 0.1) is 40.3 Å². The molecule has 0 unspecified atom stereocenters. The standard InChI is InChI=1S/C77H102N16O23S5/c1-6-92-57-28-26-45(120(111,112)113)34-47(57)76(2,3)59(92)23-12-8-13-24-60-77(4,5)48-35-46(121(114,115)116)27-29-58(48)93(60)32-17-9-14-25-61(94)80-30-16-15-21-50-69(105)88-53(37-65(99)100)72(108)89-54(40-117-43-63(96)84-50)73(109)86-49(22-18-31-81-75(78)79)67(103)82-38-62(95)85-52(36-64(97)98)71(107)91-56-42-119-118-41-55(68(104)83-39-66(101)102)90-70(106)51(87-74(56)110)33-44-19-10-7-11-20-44/h7-8,10-13,19-20,23-24,26-29,34-35,49-56H,6,9,14-18,21-22,25,30-33,36-43H2,1-5H3,(H19-,78,79,80,81,82,83,84,85,86,87,88,89,90,91,94,95,96,97,98,99,100,101,102,103,104,105,106,107,108,109,110,111,112,113,114,115,116)/p+1/t49-,50-,51-,52-,53-,54-,55-,56-/m0/s1. The van der Waals surface area contributed by atoms with E-state index in [-0.39, 0.29) is 84.6 Å². The number of nitrogens with two attached hydrogens (primary N) is 1. The zero-order valence-electron chi connectivity index (χ0n) is 67.0. The maximum Gasteiger partial charge on any atom is 0.322 e. The Bertz CT molecular complexity index is 4780. The van der Waals surface area contributed by atoms with Crippen LogP contribution in [0.25, 0.3) is 0 Å². The summed E-state index contributed by atoms with van der Waals surface area (Å²) in [6, 6.07) is 4.82. The number of rotatable bonds is 38. The first kappa shape index (κ1) is 97.2. The molecule has 44 heteroatoms. The van der Waals surface area contributed by atoms with E-state index in [4.69, 9.17) is 16.2 Å². The van der Waals surface area contributed by atoms with Crippen LogP contribution in [0.5, 0.6) is 0 Å². The largest absolute Gasteiger partial charge is 0.481 e. The Morgan fingerprint density at radius 2 is 1.27 bits per heavy atom. The molecule has 0 spiro atoms. The number of likely N-dealkylation sites (N-methyl/N-ethyl adjacent to an activating group) is 1. The number of carbonyl (C=O) groups excluding carboxylic acids is 11. The molecule has 3 aromatic carbocycles.